The minimum Gasteiger partial charge on any atom is -0.477 e. The molecule has 20 heavy (non-hydrogen) atoms. The average molecular weight is 268 g/mol. The Bertz CT molecular complexity index is 695. The quantitative estimate of drug-likeness (QED) is 0.864. The molecule has 2 aromatic rings. The second-order valence-corrected chi connectivity index (χ2v) is 5.14. The zero-order chi connectivity index (χ0) is 14.3. The maximum atomic E-state index is 11.5. The highest BCUT2D eigenvalue weighted by Gasteiger charge is 2.24. The summed E-state index contributed by atoms with van der Waals surface area (Å²) in [6.07, 6.45) is 1.27. The fourth-order valence-corrected chi connectivity index (χ4v) is 2.38. The summed E-state index contributed by atoms with van der Waals surface area (Å²) < 4.78 is 5.60. The van der Waals surface area contributed by atoms with E-state index in [4.69, 9.17) is 4.74 Å². The summed E-state index contributed by atoms with van der Waals surface area (Å²) in [5, 5.41) is 2.74. The fraction of sp³-hybridized carbons (Fsp3) is 0.250. The molecule has 102 valence electrons. The highest BCUT2D eigenvalue weighted by Crippen LogP contribution is 2.33. The first kappa shape index (κ1) is 12.7. The van der Waals surface area contributed by atoms with E-state index in [0.29, 0.717) is 11.6 Å². The molecule has 0 radical (unpaired) electrons. The number of carbonyl (C=O) groups excluding carboxylic acids is 1. The van der Waals surface area contributed by atoms with Gasteiger partial charge in [0.1, 0.15) is 0 Å². The molecule has 1 amide bonds. The molecule has 4 nitrogen and oxygen atoms in total. The van der Waals surface area contributed by atoms with Crippen LogP contribution in [0.2, 0.25) is 0 Å². The number of fused-ring (bicyclic) bond motifs is 1. The van der Waals surface area contributed by atoms with Crippen LogP contribution in [0, 0.1) is 13.8 Å². The predicted octanol–water partition coefficient (Wildman–Crippen LogP) is 3.08. The van der Waals surface area contributed by atoms with Crippen molar-refractivity contribution in [3.8, 4) is 16.9 Å². The third-order valence-electron chi connectivity index (χ3n) is 3.46. The zero-order valence-corrected chi connectivity index (χ0v) is 11.7. The largest absolute Gasteiger partial charge is 0.477 e. The zero-order valence-electron chi connectivity index (χ0n) is 11.7. The molecular weight excluding hydrogens is 252 g/mol. The monoisotopic (exact) mass is 268 g/mol. The molecule has 0 saturated heterocycles. The van der Waals surface area contributed by atoms with Gasteiger partial charge in [0, 0.05) is 11.8 Å². The van der Waals surface area contributed by atoms with Crippen LogP contribution in [-0.4, -0.2) is 17.0 Å². The number of pyridine rings is 1. The van der Waals surface area contributed by atoms with E-state index in [-0.39, 0.29) is 5.91 Å². The first-order chi connectivity index (χ1) is 9.54. The SMILES string of the molecule is Cc1ccc(-c2cnc3c(c2)OC(C)C(=O)N3)c(C)c1. The van der Waals surface area contributed by atoms with Crippen LogP contribution < -0.4 is 10.1 Å². The summed E-state index contributed by atoms with van der Waals surface area (Å²) in [7, 11) is 0. The van der Waals surface area contributed by atoms with Gasteiger partial charge >= 0.3 is 0 Å². The van der Waals surface area contributed by atoms with E-state index in [2.05, 4.69) is 42.3 Å². The molecule has 0 spiro atoms. The molecule has 1 aliphatic rings. The Morgan fingerprint density at radius 3 is 2.80 bits per heavy atom. The van der Waals surface area contributed by atoms with Crippen molar-refractivity contribution in [1.82, 2.24) is 4.98 Å². The number of aryl methyl sites for hydroxylation is 2. The van der Waals surface area contributed by atoms with Crippen LogP contribution >= 0.6 is 0 Å². The fourth-order valence-electron chi connectivity index (χ4n) is 2.38. The van der Waals surface area contributed by atoms with Crippen molar-refractivity contribution in [2.75, 3.05) is 5.32 Å². The highest BCUT2D eigenvalue weighted by molar-refractivity contribution is 5.96. The van der Waals surface area contributed by atoms with Crippen LogP contribution in [0.15, 0.2) is 30.5 Å². The van der Waals surface area contributed by atoms with Crippen LogP contribution in [0.5, 0.6) is 5.75 Å². The van der Waals surface area contributed by atoms with E-state index in [9.17, 15) is 4.79 Å². The predicted molar refractivity (Wildman–Crippen MR) is 77.9 cm³/mol. The minimum absolute atomic E-state index is 0.163. The third kappa shape index (κ3) is 2.13. The lowest BCUT2D eigenvalue weighted by Gasteiger charge is -2.22. The van der Waals surface area contributed by atoms with Gasteiger partial charge in [0.25, 0.3) is 5.91 Å². The van der Waals surface area contributed by atoms with E-state index < -0.39 is 6.10 Å². The van der Waals surface area contributed by atoms with Gasteiger partial charge < -0.3 is 10.1 Å². The van der Waals surface area contributed by atoms with Gasteiger partial charge in [-0.25, -0.2) is 4.98 Å². The minimum atomic E-state index is -0.487. The van der Waals surface area contributed by atoms with Gasteiger partial charge in [-0.1, -0.05) is 23.8 Å². The van der Waals surface area contributed by atoms with Crippen molar-refractivity contribution >= 4 is 11.7 Å². The van der Waals surface area contributed by atoms with E-state index in [1.165, 1.54) is 11.1 Å². The smallest absolute Gasteiger partial charge is 0.266 e. The van der Waals surface area contributed by atoms with E-state index >= 15 is 0 Å². The number of rotatable bonds is 1. The van der Waals surface area contributed by atoms with Gasteiger partial charge in [0.2, 0.25) is 0 Å². The number of hydrogen-bond acceptors (Lipinski definition) is 3. The summed E-state index contributed by atoms with van der Waals surface area (Å²) in [5.74, 6) is 0.945. The number of carbonyl (C=O) groups is 1. The molecule has 1 atom stereocenters. The van der Waals surface area contributed by atoms with Crippen molar-refractivity contribution in [2.24, 2.45) is 0 Å². The molecule has 3 rings (SSSR count). The molecule has 1 unspecified atom stereocenters. The molecule has 4 heteroatoms. The Balaban J connectivity index is 2.04. The normalized spacial score (nSPS) is 17.1. The van der Waals surface area contributed by atoms with Gasteiger partial charge in [-0.2, -0.15) is 0 Å². The van der Waals surface area contributed by atoms with Gasteiger partial charge in [-0.3, -0.25) is 4.79 Å². The average Bonchev–Trinajstić information content (AvgIpc) is 2.40. The third-order valence-corrected chi connectivity index (χ3v) is 3.46. The first-order valence-corrected chi connectivity index (χ1v) is 6.60. The summed E-state index contributed by atoms with van der Waals surface area (Å²) in [6.45, 7) is 5.87. The number of benzene rings is 1. The second kappa shape index (κ2) is 4.63. The van der Waals surface area contributed by atoms with Gasteiger partial charge in [0.05, 0.1) is 0 Å². The maximum Gasteiger partial charge on any atom is 0.266 e. The summed E-state index contributed by atoms with van der Waals surface area (Å²) in [5.41, 5.74) is 4.54. The molecule has 1 aromatic carbocycles. The maximum absolute atomic E-state index is 11.5. The van der Waals surface area contributed by atoms with Crippen LogP contribution in [-0.2, 0) is 4.79 Å². The standard InChI is InChI=1S/C16H16N2O2/c1-9-4-5-13(10(2)6-9)12-7-14-15(17-8-12)18-16(19)11(3)20-14/h4-8,11H,1-3H3,(H,17,18,19). The van der Waals surface area contributed by atoms with Crippen LogP contribution in [0.1, 0.15) is 18.1 Å². The Hall–Kier alpha value is -2.36. The second-order valence-electron chi connectivity index (χ2n) is 5.14. The van der Waals surface area contributed by atoms with Crippen LogP contribution in [0.3, 0.4) is 0 Å². The molecule has 1 aliphatic heterocycles. The van der Waals surface area contributed by atoms with E-state index in [1.807, 2.05) is 6.07 Å². The van der Waals surface area contributed by atoms with Crippen molar-refractivity contribution in [3.63, 3.8) is 0 Å². The first-order valence-electron chi connectivity index (χ1n) is 6.60. The summed E-state index contributed by atoms with van der Waals surface area (Å²) in [6, 6.07) is 8.22. The van der Waals surface area contributed by atoms with Crippen molar-refractivity contribution in [3.05, 3.63) is 41.6 Å². The van der Waals surface area contributed by atoms with Gasteiger partial charge in [0.15, 0.2) is 17.7 Å². The van der Waals surface area contributed by atoms with Crippen LogP contribution in [0.4, 0.5) is 5.82 Å². The number of nitrogens with zero attached hydrogens (tertiary/aromatic N) is 1. The van der Waals surface area contributed by atoms with Gasteiger partial charge in [-0.05, 0) is 38.0 Å². The molecular formula is C16H16N2O2. The number of amides is 1. The summed E-state index contributed by atoms with van der Waals surface area (Å²) in [4.78, 5) is 15.8. The Morgan fingerprint density at radius 1 is 1.25 bits per heavy atom. The van der Waals surface area contributed by atoms with Crippen molar-refractivity contribution < 1.29 is 9.53 Å². The topological polar surface area (TPSA) is 51.2 Å². The molecule has 0 saturated carbocycles. The number of aromatic nitrogens is 1. The number of hydrogen-bond donors (Lipinski definition) is 1. The number of nitrogens with one attached hydrogen (secondary N) is 1. The Morgan fingerprint density at radius 2 is 2.05 bits per heavy atom. The highest BCUT2D eigenvalue weighted by atomic mass is 16.5. The molecule has 0 aliphatic carbocycles. The Labute approximate surface area is 117 Å². The molecule has 2 heterocycles. The molecule has 1 N–H and O–H groups in total. The van der Waals surface area contributed by atoms with E-state index in [1.54, 1.807) is 13.1 Å². The lowest BCUT2D eigenvalue weighted by atomic mass is 10.00. The van der Waals surface area contributed by atoms with Crippen molar-refractivity contribution in [1.29, 1.82) is 0 Å². The number of ether oxygens (including phenoxy) is 1. The lowest BCUT2D eigenvalue weighted by Crippen LogP contribution is -2.34. The van der Waals surface area contributed by atoms with E-state index in [0.717, 1.165) is 11.1 Å². The molecule has 0 bridgehead atoms. The summed E-state index contributed by atoms with van der Waals surface area (Å²) >= 11 is 0. The van der Waals surface area contributed by atoms with Crippen molar-refractivity contribution in [2.45, 2.75) is 26.9 Å². The van der Waals surface area contributed by atoms with Crippen LogP contribution in [0.25, 0.3) is 11.1 Å². The Kier molecular flexibility index (Phi) is 2.93. The van der Waals surface area contributed by atoms with Gasteiger partial charge in [-0.15, -0.1) is 0 Å². The molecule has 1 aromatic heterocycles. The number of anilines is 1. The molecule has 0 fully saturated rings. The lowest BCUT2D eigenvalue weighted by molar-refractivity contribution is -0.122.